The Labute approximate surface area is 121 Å². The lowest BCUT2D eigenvalue weighted by Gasteiger charge is -2.37. The lowest BCUT2D eigenvalue weighted by Crippen LogP contribution is -2.47. The molecule has 2 rings (SSSR count). The fourth-order valence-corrected chi connectivity index (χ4v) is 2.20. The predicted molar refractivity (Wildman–Crippen MR) is 73.8 cm³/mol. The van der Waals surface area contributed by atoms with Crippen molar-refractivity contribution in [1.29, 1.82) is 0 Å². The number of aliphatic hydroxyl groups excluding tert-OH is 1. The molecule has 0 aliphatic heterocycles. The molecule has 6 nitrogen and oxygen atoms in total. The van der Waals surface area contributed by atoms with Gasteiger partial charge in [-0.25, -0.2) is 14.0 Å². The number of halogens is 1. The fourth-order valence-electron chi connectivity index (χ4n) is 2.20. The van der Waals surface area contributed by atoms with Crippen LogP contribution in [0.25, 0.3) is 0 Å². The molecule has 114 valence electrons. The van der Waals surface area contributed by atoms with Gasteiger partial charge in [0.25, 0.3) is 0 Å². The Morgan fingerprint density at radius 3 is 2.62 bits per heavy atom. The Morgan fingerprint density at radius 1 is 1.38 bits per heavy atom. The van der Waals surface area contributed by atoms with Gasteiger partial charge in [0.05, 0.1) is 17.9 Å². The van der Waals surface area contributed by atoms with Crippen LogP contribution in [0.4, 0.5) is 14.9 Å². The van der Waals surface area contributed by atoms with Gasteiger partial charge in [-0.05, 0) is 37.5 Å². The largest absolute Gasteiger partial charge is 0.478 e. The van der Waals surface area contributed by atoms with E-state index < -0.39 is 17.8 Å². The number of anilines is 1. The monoisotopic (exact) mass is 296 g/mol. The number of nitrogens with one attached hydrogen (secondary N) is 1. The number of urea groups is 1. The van der Waals surface area contributed by atoms with E-state index >= 15 is 0 Å². The number of carbonyl (C=O) groups excluding carboxylic acids is 1. The van der Waals surface area contributed by atoms with Crippen LogP contribution in [0.1, 0.15) is 29.6 Å². The molecular weight excluding hydrogens is 279 g/mol. The molecule has 0 bridgehead atoms. The molecule has 1 aromatic carbocycles. The third-order valence-electron chi connectivity index (χ3n) is 3.57. The van der Waals surface area contributed by atoms with Crippen LogP contribution in [0.2, 0.25) is 0 Å². The summed E-state index contributed by atoms with van der Waals surface area (Å²) in [5, 5.41) is 20.3. The molecule has 3 N–H and O–H groups in total. The zero-order valence-corrected chi connectivity index (χ0v) is 11.4. The summed E-state index contributed by atoms with van der Waals surface area (Å²) in [6.45, 7) is -0.0156. The van der Waals surface area contributed by atoms with Crippen molar-refractivity contribution in [2.75, 3.05) is 18.5 Å². The van der Waals surface area contributed by atoms with Gasteiger partial charge in [0.15, 0.2) is 0 Å². The molecule has 21 heavy (non-hydrogen) atoms. The van der Waals surface area contributed by atoms with Gasteiger partial charge >= 0.3 is 12.0 Å². The molecule has 1 aromatic rings. The summed E-state index contributed by atoms with van der Waals surface area (Å²) in [6, 6.07) is 2.72. The van der Waals surface area contributed by atoms with Crippen molar-refractivity contribution in [3.8, 4) is 0 Å². The summed E-state index contributed by atoms with van der Waals surface area (Å²) in [5.41, 5.74) is -0.286. The van der Waals surface area contributed by atoms with Crippen molar-refractivity contribution < 1.29 is 24.2 Å². The highest BCUT2D eigenvalue weighted by Gasteiger charge is 2.28. The van der Waals surface area contributed by atoms with Gasteiger partial charge in [-0.15, -0.1) is 0 Å². The number of amides is 2. The minimum Gasteiger partial charge on any atom is -0.478 e. The summed E-state index contributed by atoms with van der Waals surface area (Å²) in [6.07, 6.45) is 2.72. The summed E-state index contributed by atoms with van der Waals surface area (Å²) >= 11 is 0. The maximum Gasteiger partial charge on any atom is 0.335 e. The number of hydrogen-bond acceptors (Lipinski definition) is 3. The van der Waals surface area contributed by atoms with E-state index in [1.165, 1.54) is 4.90 Å². The van der Waals surface area contributed by atoms with Crippen LogP contribution < -0.4 is 5.32 Å². The first-order valence-corrected chi connectivity index (χ1v) is 6.74. The number of carboxylic acid groups (broad SMARTS) is 1. The van der Waals surface area contributed by atoms with Gasteiger partial charge in [0.2, 0.25) is 0 Å². The SMILES string of the molecule is O=C(O)c1ccc(F)c(NC(=O)N(CCO)C2CCC2)c1. The van der Waals surface area contributed by atoms with Gasteiger partial charge in [0.1, 0.15) is 5.82 Å². The number of carbonyl (C=O) groups is 2. The first kappa shape index (κ1) is 15.2. The third kappa shape index (κ3) is 3.49. The van der Waals surface area contributed by atoms with Crippen molar-refractivity contribution in [2.24, 2.45) is 0 Å². The molecular formula is C14H17FN2O4. The van der Waals surface area contributed by atoms with Crippen molar-refractivity contribution in [3.63, 3.8) is 0 Å². The van der Waals surface area contributed by atoms with Crippen molar-refractivity contribution in [1.82, 2.24) is 4.90 Å². The van der Waals surface area contributed by atoms with Gasteiger partial charge in [0, 0.05) is 12.6 Å². The molecule has 0 spiro atoms. The molecule has 0 radical (unpaired) electrons. The van der Waals surface area contributed by atoms with Gasteiger partial charge in [-0.2, -0.15) is 0 Å². The molecule has 1 saturated carbocycles. The van der Waals surface area contributed by atoms with E-state index in [4.69, 9.17) is 10.2 Å². The minimum absolute atomic E-state index is 0.0443. The standard InChI is InChI=1S/C14H17FN2O4/c15-11-5-4-9(13(19)20)8-12(11)16-14(21)17(6-7-18)10-2-1-3-10/h4-5,8,10,18H,1-3,6-7H2,(H,16,21)(H,19,20). The van der Waals surface area contributed by atoms with Crippen LogP contribution in [0, 0.1) is 5.82 Å². The maximum atomic E-state index is 13.7. The Morgan fingerprint density at radius 2 is 2.10 bits per heavy atom. The highest BCUT2D eigenvalue weighted by Crippen LogP contribution is 2.25. The van der Waals surface area contributed by atoms with Gasteiger partial charge in [-0.3, -0.25) is 0 Å². The Bertz CT molecular complexity index is 546. The second-order valence-corrected chi connectivity index (χ2v) is 4.93. The van der Waals surface area contributed by atoms with E-state index in [1.54, 1.807) is 0 Å². The molecule has 0 saturated heterocycles. The number of rotatable bonds is 5. The number of hydrogen-bond donors (Lipinski definition) is 3. The zero-order chi connectivity index (χ0) is 15.4. The topological polar surface area (TPSA) is 89.9 Å². The predicted octanol–water partition coefficient (Wildman–Crippen LogP) is 1.90. The zero-order valence-electron chi connectivity index (χ0n) is 11.4. The third-order valence-corrected chi connectivity index (χ3v) is 3.57. The van der Waals surface area contributed by atoms with E-state index in [2.05, 4.69) is 5.32 Å². The molecule has 0 unspecified atom stereocenters. The maximum absolute atomic E-state index is 13.7. The molecule has 0 aromatic heterocycles. The first-order valence-electron chi connectivity index (χ1n) is 6.74. The summed E-state index contributed by atoms with van der Waals surface area (Å²) in [7, 11) is 0. The average molecular weight is 296 g/mol. The van der Waals surface area contributed by atoms with Crippen molar-refractivity contribution in [3.05, 3.63) is 29.6 Å². The summed E-state index contributed by atoms with van der Waals surface area (Å²) in [4.78, 5) is 24.5. The molecule has 2 amide bonds. The minimum atomic E-state index is -1.20. The highest BCUT2D eigenvalue weighted by molar-refractivity contribution is 5.93. The van der Waals surface area contributed by atoms with Crippen molar-refractivity contribution >= 4 is 17.7 Å². The number of nitrogens with zero attached hydrogens (tertiary/aromatic N) is 1. The number of aliphatic hydroxyl groups is 1. The van der Waals surface area contributed by atoms with Crippen LogP contribution >= 0.6 is 0 Å². The molecule has 0 atom stereocenters. The smallest absolute Gasteiger partial charge is 0.335 e. The van der Waals surface area contributed by atoms with E-state index in [9.17, 15) is 14.0 Å². The Hall–Kier alpha value is -2.15. The molecule has 1 fully saturated rings. The molecule has 1 aliphatic rings. The van der Waals surface area contributed by atoms with Crippen LogP contribution in [0.15, 0.2) is 18.2 Å². The van der Waals surface area contributed by atoms with E-state index in [-0.39, 0.29) is 30.4 Å². The number of carboxylic acids is 1. The lowest BCUT2D eigenvalue weighted by atomic mass is 9.92. The van der Waals surface area contributed by atoms with Crippen LogP contribution in [-0.4, -0.2) is 46.3 Å². The lowest BCUT2D eigenvalue weighted by molar-refractivity contribution is 0.0696. The van der Waals surface area contributed by atoms with Gasteiger partial charge in [-0.1, -0.05) is 0 Å². The van der Waals surface area contributed by atoms with Gasteiger partial charge < -0.3 is 20.4 Å². The van der Waals surface area contributed by atoms with E-state index in [1.807, 2.05) is 0 Å². The van der Waals surface area contributed by atoms with Crippen LogP contribution in [0.5, 0.6) is 0 Å². The second kappa shape index (κ2) is 6.53. The average Bonchev–Trinajstić information content (AvgIpc) is 2.38. The Balaban J connectivity index is 2.13. The molecule has 7 heteroatoms. The Kier molecular flexibility index (Phi) is 4.74. The normalized spacial score (nSPS) is 14.4. The first-order chi connectivity index (χ1) is 10.0. The van der Waals surface area contributed by atoms with Crippen LogP contribution in [0.3, 0.4) is 0 Å². The number of benzene rings is 1. The quantitative estimate of drug-likeness (QED) is 0.774. The van der Waals surface area contributed by atoms with Crippen molar-refractivity contribution in [2.45, 2.75) is 25.3 Å². The number of aromatic carboxylic acids is 1. The summed E-state index contributed by atoms with van der Waals surface area (Å²) < 4.78 is 13.7. The fraction of sp³-hybridized carbons (Fsp3) is 0.429. The highest BCUT2D eigenvalue weighted by atomic mass is 19.1. The summed E-state index contributed by atoms with van der Waals surface area (Å²) in [5.74, 6) is -1.90. The van der Waals surface area contributed by atoms with Crippen LogP contribution in [-0.2, 0) is 0 Å². The molecule has 1 aliphatic carbocycles. The molecule has 0 heterocycles. The van der Waals surface area contributed by atoms with E-state index in [0.717, 1.165) is 37.5 Å². The second-order valence-electron chi connectivity index (χ2n) is 4.93. The van der Waals surface area contributed by atoms with E-state index in [0.29, 0.717) is 0 Å².